The van der Waals surface area contributed by atoms with Crippen LogP contribution in [0.4, 0.5) is 0 Å². The molecule has 2 rings (SSSR count). The van der Waals surface area contributed by atoms with E-state index in [9.17, 15) is 0 Å². The average molecular weight is 464 g/mol. The van der Waals surface area contributed by atoms with Crippen LogP contribution in [0.1, 0.15) is 38.7 Å². The highest BCUT2D eigenvalue weighted by molar-refractivity contribution is 14.0. The number of nitrogens with zero attached hydrogens (tertiary/aromatic N) is 2. The molecule has 0 amide bonds. The van der Waals surface area contributed by atoms with Crippen LogP contribution in [0.15, 0.2) is 23.3 Å². The van der Waals surface area contributed by atoms with Crippen LogP contribution >= 0.6 is 35.7 Å². The smallest absolute Gasteiger partial charge is 0.213 e. The molecule has 24 heavy (non-hydrogen) atoms. The van der Waals surface area contributed by atoms with Crippen molar-refractivity contribution in [2.75, 3.05) is 13.3 Å². The fourth-order valence-electron chi connectivity index (χ4n) is 2.69. The molecule has 1 aliphatic carbocycles. The Bertz CT molecular complexity index is 510. The Labute approximate surface area is 166 Å². The Morgan fingerprint density at radius 1 is 1.42 bits per heavy atom. The first-order valence-corrected chi connectivity index (χ1v) is 9.51. The van der Waals surface area contributed by atoms with Crippen LogP contribution in [0, 0.1) is 0 Å². The third-order valence-electron chi connectivity index (χ3n) is 3.90. The second kappa shape index (κ2) is 11.0. The van der Waals surface area contributed by atoms with Crippen LogP contribution in [0.3, 0.4) is 0 Å². The zero-order valence-electron chi connectivity index (χ0n) is 14.9. The summed E-state index contributed by atoms with van der Waals surface area (Å²) in [5.74, 6) is 1.53. The largest absolute Gasteiger partial charge is 0.475 e. The molecule has 7 heteroatoms. The van der Waals surface area contributed by atoms with Gasteiger partial charge >= 0.3 is 0 Å². The van der Waals surface area contributed by atoms with Gasteiger partial charge in [0.15, 0.2) is 5.96 Å². The summed E-state index contributed by atoms with van der Waals surface area (Å²) < 4.78 is 5.56. The summed E-state index contributed by atoms with van der Waals surface area (Å²) in [5, 5.41) is 7.66. The Hall–Kier alpha value is -0.700. The maximum Gasteiger partial charge on any atom is 0.213 e. The van der Waals surface area contributed by atoms with Crippen LogP contribution < -0.4 is 15.4 Å². The third kappa shape index (κ3) is 7.04. The minimum Gasteiger partial charge on any atom is -0.475 e. The molecule has 1 saturated carbocycles. The average Bonchev–Trinajstić information content (AvgIpc) is 3.00. The molecule has 1 fully saturated rings. The summed E-state index contributed by atoms with van der Waals surface area (Å²) in [5.41, 5.74) is 1.11. The van der Waals surface area contributed by atoms with Gasteiger partial charge < -0.3 is 15.4 Å². The van der Waals surface area contributed by atoms with E-state index in [1.54, 1.807) is 0 Å². The molecule has 1 heterocycles. The summed E-state index contributed by atoms with van der Waals surface area (Å²) >= 11 is 1.97. The first-order valence-electron chi connectivity index (χ1n) is 8.22. The molecular formula is C17H29IN4OS. The lowest BCUT2D eigenvalue weighted by molar-refractivity contribution is 0.232. The molecule has 0 bridgehead atoms. The molecule has 1 aromatic heterocycles. The molecule has 1 aromatic rings. The van der Waals surface area contributed by atoms with Gasteiger partial charge in [-0.3, -0.25) is 4.99 Å². The second-order valence-corrected chi connectivity index (χ2v) is 7.25. The third-order valence-corrected chi connectivity index (χ3v) is 4.99. The van der Waals surface area contributed by atoms with Gasteiger partial charge in [-0.1, -0.05) is 6.07 Å². The number of pyridine rings is 1. The predicted molar refractivity (Wildman–Crippen MR) is 114 cm³/mol. The molecule has 0 aliphatic heterocycles. The van der Waals surface area contributed by atoms with Crippen LogP contribution in [0.5, 0.6) is 5.88 Å². The maximum absolute atomic E-state index is 5.56. The first-order chi connectivity index (χ1) is 11.1. The number of halogens is 1. The van der Waals surface area contributed by atoms with Crippen LogP contribution in [-0.4, -0.2) is 41.6 Å². The highest BCUT2D eigenvalue weighted by atomic mass is 127. The van der Waals surface area contributed by atoms with Gasteiger partial charge in [0, 0.05) is 37.1 Å². The molecule has 0 saturated heterocycles. The number of thioether (sulfide) groups is 1. The van der Waals surface area contributed by atoms with E-state index in [0.717, 1.165) is 16.8 Å². The molecule has 1 aliphatic rings. The summed E-state index contributed by atoms with van der Waals surface area (Å²) in [4.78, 5) is 8.64. The van der Waals surface area contributed by atoms with Crippen molar-refractivity contribution >= 4 is 41.7 Å². The summed E-state index contributed by atoms with van der Waals surface area (Å²) in [6, 6.07) is 4.47. The van der Waals surface area contributed by atoms with Gasteiger partial charge in [0.05, 0.1) is 6.10 Å². The summed E-state index contributed by atoms with van der Waals surface area (Å²) in [6.45, 7) is 4.70. The molecule has 5 nitrogen and oxygen atoms in total. The SMILES string of the molecule is CN=C(NCc1ccc(OC(C)C)nc1)NC1CCC(SC)C1.I. The van der Waals surface area contributed by atoms with Crippen molar-refractivity contribution in [2.45, 2.75) is 57.1 Å². The van der Waals surface area contributed by atoms with E-state index in [2.05, 4.69) is 26.9 Å². The van der Waals surface area contributed by atoms with E-state index in [1.807, 2.05) is 51.0 Å². The number of aliphatic imine (C=N–C) groups is 1. The standard InChI is InChI=1S/C17H28N4OS.HI/c1-12(2)22-16-8-5-13(10-19-16)11-20-17(18-3)21-14-6-7-15(9-14)23-4;/h5,8,10,12,14-15H,6-7,9,11H2,1-4H3,(H2,18,20,21);1H. The number of ether oxygens (including phenoxy) is 1. The number of guanidine groups is 1. The molecule has 0 spiro atoms. The van der Waals surface area contributed by atoms with Crippen LogP contribution in [0.25, 0.3) is 0 Å². The van der Waals surface area contributed by atoms with Gasteiger partial charge in [-0.15, -0.1) is 24.0 Å². The van der Waals surface area contributed by atoms with Crippen molar-refractivity contribution in [3.05, 3.63) is 23.9 Å². The number of rotatable bonds is 6. The zero-order valence-corrected chi connectivity index (χ0v) is 18.1. The maximum atomic E-state index is 5.56. The van der Waals surface area contributed by atoms with Crippen molar-refractivity contribution in [3.8, 4) is 5.88 Å². The van der Waals surface area contributed by atoms with Crippen LogP contribution in [-0.2, 0) is 6.54 Å². The van der Waals surface area contributed by atoms with E-state index < -0.39 is 0 Å². The summed E-state index contributed by atoms with van der Waals surface area (Å²) in [6.07, 6.45) is 7.90. The van der Waals surface area contributed by atoms with E-state index in [1.165, 1.54) is 19.3 Å². The lowest BCUT2D eigenvalue weighted by Gasteiger charge is -2.17. The minimum atomic E-state index is 0. The second-order valence-electron chi connectivity index (χ2n) is 6.11. The number of aromatic nitrogens is 1. The zero-order chi connectivity index (χ0) is 16.7. The molecular weight excluding hydrogens is 435 g/mol. The quantitative estimate of drug-likeness (QED) is 0.384. The topological polar surface area (TPSA) is 58.5 Å². The number of hydrogen-bond donors (Lipinski definition) is 2. The van der Waals surface area contributed by atoms with Gasteiger partial charge in [0.25, 0.3) is 0 Å². The fraction of sp³-hybridized carbons (Fsp3) is 0.647. The van der Waals surface area contributed by atoms with Gasteiger partial charge in [-0.05, 0) is 44.9 Å². The van der Waals surface area contributed by atoms with Gasteiger partial charge in [-0.2, -0.15) is 11.8 Å². The van der Waals surface area contributed by atoms with Gasteiger partial charge in [0.1, 0.15) is 0 Å². The lowest BCUT2D eigenvalue weighted by atomic mass is 10.2. The van der Waals surface area contributed by atoms with Gasteiger partial charge in [-0.25, -0.2) is 4.98 Å². The monoisotopic (exact) mass is 464 g/mol. The summed E-state index contributed by atoms with van der Waals surface area (Å²) in [7, 11) is 1.81. The number of hydrogen-bond acceptors (Lipinski definition) is 4. The van der Waals surface area contributed by atoms with Crippen molar-refractivity contribution in [1.29, 1.82) is 0 Å². The highest BCUT2D eigenvalue weighted by Gasteiger charge is 2.24. The molecule has 136 valence electrons. The van der Waals surface area contributed by atoms with Gasteiger partial charge in [0.2, 0.25) is 5.88 Å². The van der Waals surface area contributed by atoms with Crippen molar-refractivity contribution in [3.63, 3.8) is 0 Å². The Morgan fingerprint density at radius 3 is 2.75 bits per heavy atom. The fourth-order valence-corrected chi connectivity index (χ4v) is 3.48. The van der Waals surface area contributed by atoms with E-state index >= 15 is 0 Å². The van der Waals surface area contributed by atoms with E-state index in [0.29, 0.717) is 18.5 Å². The molecule has 2 atom stereocenters. The normalized spacial score (nSPS) is 20.6. The molecule has 2 unspecified atom stereocenters. The van der Waals surface area contributed by atoms with Crippen LogP contribution in [0.2, 0.25) is 0 Å². The van der Waals surface area contributed by atoms with Crippen molar-refractivity contribution < 1.29 is 4.74 Å². The van der Waals surface area contributed by atoms with Crippen molar-refractivity contribution in [1.82, 2.24) is 15.6 Å². The highest BCUT2D eigenvalue weighted by Crippen LogP contribution is 2.27. The first kappa shape index (κ1) is 21.3. The lowest BCUT2D eigenvalue weighted by Crippen LogP contribution is -2.42. The van der Waals surface area contributed by atoms with E-state index in [-0.39, 0.29) is 30.1 Å². The van der Waals surface area contributed by atoms with Crippen molar-refractivity contribution in [2.24, 2.45) is 4.99 Å². The molecule has 0 radical (unpaired) electrons. The van der Waals surface area contributed by atoms with E-state index in [4.69, 9.17) is 4.74 Å². The predicted octanol–water partition coefficient (Wildman–Crippen LogP) is 3.44. The molecule has 2 N–H and O–H groups in total. The minimum absolute atomic E-state index is 0. The Morgan fingerprint density at radius 2 is 2.21 bits per heavy atom. The molecule has 0 aromatic carbocycles. The number of nitrogens with one attached hydrogen (secondary N) is 2. The Kier molecular flexibility index (Phi) is 9.80. The Balaban J connectivity index is 0.00000288.